The molecule has 0 radical (unpaired) electrons. The van der Waals surface area contributed by atoms with E-state index in [4.69, 9.17) is 0 Å². The third-order valence-corrected chi connectivity index (χ3v) is 1.14. The van der Waals surface area contributed by atoms with E-state index in [0.29, 0.717) is 0 Å². The molecular formula is C7H6O5. The van der Waals surface area contributed by atoms with E-state index in [0.717, 1.165) is 6.08 Å². The monoisotopic (exact) mass is 170 g/mol. The van der Waals surface area contributed by atoms with Gasteiger partial charge < -0.3 is 0 Å². The fourth-order valence-electron chi connectivity index (χ4n) is 0.658. The highest BCUT2D eigenvalue weighted by Crippen LogP contribution is 2.09. The molecule has 0 spiro atoms. The van der Waals surface area contributed by atoms with E-state index in [2.05, 4.69) is 21.4 Å². The molecule has 0 aliphatic carbocycles. The molecule has 1 aliphatic rings. The Labute approximate surface area is 68.1 Å². The van der Waals surface area contributed by atoms with E-state index in [9.17, 15) is 9.59 Å². The zero-order valence-corrected chi connectivity index (χ0v) is 6.11. The molecule has 5 nitrogen and oxygen atoms in total. The highest BCUT2D eigenvalue weighted by molar-refractivity contribution is 5.96. The first-order valence-electron chi connectivity index (χ1n) is 3.15. The molecule has 1 rings (SSSR count). The molecule has 5 heteroatoms. The van der Waals surface area contributed by atoms with Crippen LogP contribution in [0.2, 0.25) is 0 Å². The summed E-state index contributed by atoms with van der Waals surface area (Å²) in [5.74, 6) is -1.53. The van der Waals surface area contributed by atoms with E-state index in [1.807, 2.05) is 0 Å². The molecule has 0 saturated heterocycles. The molecule has 0 saturated carbocycles. The molecule has 0 bridgehead atoms. The molecule has 0 aromatic heterocycles. The summed E-state index contributed by atoms with van der Waals surface area (Å²) in [7, 11) is 0. The molecule has 1 aliphatic heterocycles. The van der Waals surface area contributed by atoms with Gasteiger partial charge >= 0.3 is 11.9 Å². The van der Waals surface area contributed by atoms with Crippen LogP contribution >= 0.6 is 0 Å². The Morgan fingerprint density at radius 1 is 1.42 bits per heavy atom. The molecule has 1 heterocycles. The Morgan fingerprint density at radius 3 is 2.83 bits per heavy atom. The molecule has 0 atom stereocenters. The van der Waals surface area contributed by atoms with Gasteiger partial charge in [-0.15, -0.1) is 6.58 Å². The van der Waals surface area contributed by atoms with Crippen LogP contribution in [-0.4, -0.2) is 11.9 Å². The molecule has 12 heavy (non-hydrogen) atoms. The van der Waals surface area contributed by atoms with Crippen molar-refractivity contribution in [3.05, 3.63) is 24.3 Å². The van der Waals surface area contributed by atoms with Crippen molar-refractivity contribution in [3.8, 4) is 0 Å². The summed E-state index contributed by atoms with van der Waals surface area (Å²) in [6.45, 7) is 3.40. The molecule has 0 unspecified atom stereocenters. The van der Waals surface area contributed by atoms with E-state index < -0.39 is 11.9 Å². The van der Waals surface area contributed by atoms with Crippen LogP contribution < -0.4 is 0 Å². The fraction of sp³-hybridized carbons (Fsp3) is 0.143. The van der Waals surface area contributed by atoms with Crippen LogP contribution in [0.1, 0.15) is 6.42 Å². The number of carbonyl (C=O) groups excluding carboxylic acids is 2. The Kier molecular flexibility index (Phi) is 2.60. The number of carbonyl (C=O) groups is 2. The molecule has 0 N–H and O–H groups in total. The van der Waals surface area contributed by atoms with Gasteiger partial charge in [0.25, 0.3) is 0 Å². The summed E-state index contributed by atoms with van der Waals surface area (Å²) in [4.78, 5) is 29.5. The van der Waals surface area contributed by atoms with Crippen molar-refractivity contribution in [2.45, 2.75) is 6.42 Å². The maximum Gasteiger partial charge on any atom is 0.373 e. The normalized spacial score (nSPS) is 17.2. The molecule has 0 aromatic carbocycles. The van der Waals surface area contributed by atoms with Gasteiger partial charge in [-0.1, -0.05) is 6.08 Å². The second-order valence-electron chi connectivity index (χ2n) is 2.00. The van der Waals surface area contributed by atoms with E-state index in [1.54, 1.807) is 0 Å². The Morgan fingerprint density at radius 2 is 2.17 bits per heavy atom. The summed E-state index contributed by atoms with van der Waals surface area (Å²) in [6, 6.07) is 0. The zero-order chi connectivity index (χ0) is 8.97. The van der Waals surface area contributed by atoms with Crippen molar-refractivity contribution in [1.29, 1.82) is 0 Å². The largest absolute Gasteiger partial charge is 0.373 e. The van der Waals surface area contributed by atoms with Gasteiger partial charge in [0.2, 0.25) is 0 Å². The van der Waals surface area contributed by atoms with Crippen LogP contribution in [0.5, 0.6) is 0 Å². The van der Waals surface area contributed by atoms with Gasteiger partial charge in [-0.05, 0) is 6.42 Å². The minimum atomic E-state index is -0.780. The number of hydrogen-bond acceptors (Lipinski definition) is 5. The van der Waals surface area contributed by atoms with Gasteiger partial charge in [-0.3, -0.25) is 9.78 Å². The maximum absolute atomic E-state index is 10.9. The maximum atomic E-state index is 10.9. The Balaban J connectivity index is 2.80. The third kappa shape index (κ3) is 1.93. The zero-order valence-electron chi connectivity index (χ0n) is 6.11. The summed E-state index contributed by atoms with van der Waals surface area (Å²) >= 11 is 0. The second kappa shape index (κ2) is 3.68. The summed E-state index contributed by atoms with van der Waals surface area (Å²) < 4.78 is 0. The van der Waals surface area contributed by atoms with Crippen LogP contribution in [0.15, 0.2) is 24.3 Å². The average molecular weight is 170 g/mol. The lowest BCUT2D eigenvalue weighted by Crippen LogP contribution is -2.04. The predicted octanol–water partition coefficient (Wildman–Crippen LogP) is 0.435. The van der Waals surface area contributed by atoms with Crippen LogP contribution in [-0.2, 0) is 24.4 Å². The van der Waals surface area contributed by atoms with Crippen molar-refractivity contribution < 1.29 is 24.4 Å². The van der Waals surface area contributed by atoms with Crippen molar-refractivity contribution in [2.75, 3.05) is 0 Å². The average Bonchev–Trinajstić information content (AvgIpc) is 2.16. The summed E-state index contributed by atoms with van der Waals surface area (Å²) in [5, 5.41) is 3.81. The van der Waals surface area contributed by atoms with Gasteiger partial charge in [0.15, 0.2) is 0 Å². The van der Waals surface area contributed by atoms with Crippen molar-refractivity contribution >= 4 is 11.9 Å². The van der Waals surface area contributed by atoms with Gasteiger partial charge in [0.1, 0.15) is 0 Å². The van der Waals surface area contributed by atoms with Crippen molar-refractivity contribution in [2.24, 2.45) is 0 Å². The molecule has 0 fully saturated rings. The standard InChI is InChI=1S/C7H6O5/c1-2-3-5-4-6(8)10-12-11-7(5)9/h2,4H,1,3H2. The summed E-state index contributed by atoms with van der Waals surface area (Å²) in [6.07, 6.45) is 2.69. The SMILES string of the molecule is C=CCC1=CC(=O)OOOC1=O. The lowest BCUT2D eigenvalue weighted by atomic mass is 10.2. The lowest BCUT2D eigenvalue weighted by molar-refractivity contribution is -0.454. The number of allylic oxidation sites excluding steroid dienone is 1. The Hall–Kier alpha value is -1.62. The van der Waals surface area contributed by atoms with Gasteiger partial charge in [-0.2, -0.15) is 0 Å². The minimum Gasteiger partial charge on any atom is -0.255 e. The van der Waals surface area contributed by atoms with E-state index in [1.165, 1.54) is 6.08 Å². The van der Waals surface area contributed by atoms with Gasteiger partial charge in [0.05, 0.1) is 5.57 Å². The first kappa shape index (κ1) is 8.48. The Bertz CT molecular complexity index is 253. The van der Waals surface area contributed by atoms with E-state index >= 15 is 0 Å². The van der Waals surface area contributed by atoms with Crippen molar-refractivity contribution in [1.82, 2.24) is 0 Å². The molecule has 64 valence electrons. The molecular weight excluding hydrogens is 164 g/mol. The number of hydrogen-bond donors (Lipinski definition) is 0. The van der Waals surface area contributed by atoms with Crippen LogP contribution in [0.4, 0.5) is 0 Å². The van der Waals surface area contributed by atoms with E-state index in [-0.39, 0.29) is 12.0 Å². The van der Waals surface area contributed by atoms with Crippen LogP contribution in [0, 0.1) is 0 Å². The third-order valence-electron chi connectivity index (χ3n) is 1.14. The predicted molar refractivity (Wildman–Crippen MR) is 36.2 cm³/mol. The first-order valence-corrected chi connectivity index (χ1v) is 3.15. The second-order valence-corrected chi connectivity index (χ2v) is 2.00. The highest BCUT2D eigenvalue weighted by atomic mass is 17.5. The van der Waals surface area contributed by atoms with Crippen LogP contribution in [0.25, 0.3) is 0 Å². The molecule has 0 aromatic rings. The molecule has 0 amide bonds. The topological polar surface area (TPSA) is 61.8 Å². The van der Waals surface area contributed by atoms with Gasteiger partial charge in [0, 0.05) is 11.1 Å². The summed E-state index contributed by atoms with van der Waals surface area (Å²) in [5.41, 5.74) is 0.146. The highest BCUT2D eigenvalue weighted by Gasteiger charge is 2.18. The van der Waals surface area contributed by atoms with Gasteiger partial charge in [-0.25, -0.2) is 9.59 Å². The lowest BCUT2D eigenvalue weighted by Gasteiger charge is -1.95. The van der Waals surface area contributed by atoms with Crippen molar-refractivity contribution in [3.63, 3.8) is 0 Å². The number of rotatable bonds is 2. The van der Waals surface area contributed by atoms with Crippen LogP contribution in [0.3, 0.4) is 0 Å². The first-order chi connectivity index (χ1) is 5.74. The fourth-order valence-corrected chi connectivity index (χ4v) is 0.658. The quantitative estimate of drug-likeness (QED) is 0.444. The smallest absolute Gasteiger partial charge is 0.255 e. The minimum absolute atomic E-state index is 0.146.